The molecular weight excluding hydrogens is 283 g/mol. The van der Waals surface area contributed by atoms with Crippen molar-refractivity contribution < 1.29 is 9.59 Å². The summed E-state index contributed by atoms with van der Waals surface area (Å²) in [5, 5.41) is 0.469. The Hall–Kier alpha value is -0.940. The van der Waals surface area contributed by atoms with Gasteiger partial charge in [0.15, 0.2) is 5.78 Å². The number of Topliss-reactive ketones (excluding diaryl/α,β-unsaturated/α-hetero) is 1. The molecule has 1 aliphatic heterocycles. The Bertz CT molecular complexity index is 450. The number of amides is 1. The Morgan fingerprint density at radius 3 is 2.73 bits per heavy atom. The Morgan fingerprint density at radius 1 is 1.47 bits per heavy atom. The fourth-order valence-electron chi connectivity index (χ4n) is 1.34. The van der Waals surface area contributed by atoms with E-state index in [2.05, 4.69) is 20.9 Å². The van der Waals surface area contributed by atoms with E-state index in [4.69, 9.17) is 11.6 Å². The zero-order chi connectivity index (χ0) is 11.0. The molecule has 6 heteroatoms. The molecule has 1 saturated heterocycles. The number of nitrogens with zero attached hydrogens (tertiary/aromatic N) is 2. The number of halogens is 2. The molecule has 15 heavy (non-hydrogen) atoms. The van der Waals surface area contributed by atoms with E-state index >= 15 is 0 Å². The van der Waals surface area contributed by atoms with Crippen LogP contribution in [0.5, 0.6) is 0 Å². The highest BCUT2D eigenvalue weighted by Crippen LogP contribution is 2.26. The Labute approximate surface area is 99.4 Å². The van der Waals surface area contributed by atoms with Crippen LogP contribution < -0.4 is 4.90 Å². The number of rotatable bonds is 1. The number of hydrogen-bond acceptors (Lipinski definition) is 3. The summed E-state index contributed by atoms with van der Waals surface area (Å²) in [4.78, 5) is 27.8. The molecule has 2 heterocycles. The molecule has 1 aliphatic rings. The van der Waals surface area contributed by atoms with Gasteiger partial charge in [-0.2, -0.15) is 0 Å². The van der Waals surface area contributed by atoms with Crippen molar-refractivity contribution in [3.8, 4) is 0 Å². The summed E-state index contributed by atoms with van der Waals surface area (Å²) in [5.74, 6) is 0.136. The van der Waals surface area contributed by atoms with Gasteiger partial charge in [0.2, 0.25) is 5.91 Å². The van der Waals surface area contributed by atoms with Gasteiger partial charge in [0.25, 0.3) is 0 Å². The lowest BCUT2D eigenvalue weighted by Gasteiger charge is -2.13. The minimum atomic E-state index is -0.221. The van der Waals surface area contributed by atoms with Gasteiger partial charge in [0.1, 0.15) is 5.82 Å². The molecule has 0 aliphatic carbocycles. The topological polar surface area (TPSA) is 50.3 Å². The summed E-state index contributed by atoms with van der Waals surface area (Å²) in [5.41, 5.74) is 0. The van der Waals surface area contributed by atoms with E-state index in [-0.39, 0.29) is 24.7 Å². The van der Waals surface area contributed by atoms with Gasteiger partial charge in [0, 0.05) is 10.7 Å². The van der Waals surface area contributed by atoms with E-state index in [1.165, 1.54) is 11.1 Å². The standard InChI is InChI=1S/C9H6BrClN2O2/c10-6-2-8(12-3-7(6)11)13-4-5(14)1-9(13)15/h2-3H,1,4H2. The number of aromatic nitrogens is 1. The first kappa shape index (κ1) is 10.6. The number of carbonyl (C=O) groups is 2. The van der Waals surface area contributed by atoms with E-state index in [1.807, 2.05) is 0 Å². The summed E-state index contributed by atoms with van der Waals surface area (Å²) in [6.45, 7) is 0.0971. The van der Waals surface area contributed by atoms with Crippen molar-refractivity contribution in [2.75, 3.05) is 11.4 Å². The van der Waals surface area contributed by atoms with Crippen molar-refractivity contribution in [3.63, 3.8) is 0 Å². The third kappa shape index (κ3) is 2.03. The lowest BCUT2D eigenvalue weighted by molar-refractivity contribution is -0.121. The van der Waals surface area contributed by atoms with E-state index in [1.54, 1.807) is 6.07 Å². The van der Waals surface area contributed by atoms with Gasteiger partial charge in [-0.25, -0.2) is 4.98 Å². The lowest BCUT2D eigenvalue weighted by atomic mass is 10.3. The van der Waals surface area contributed by atoms with Crippen molar-refractivity contribution in [3.05, 3.63) is 21.8 Å². The van der Waals surface area contributed by atoms with Gasteiger partial charge in [-0.1, -0.05) is 11.6 Å². The fourth-order valence-corrected chi connectivity index (χ4v) is 1.76. The monoisotopic (exact) mass is 288 g/mol. The molecule has 0 N–H and O–H groups in total. The molecule has 1 aromatic heterocycles. The van der Waals surface area contributed by atoms with Crippen LogP contribution >= 0.6 is 27.5 Å². The molecule has 1 fully saturated rings. The van der Waals surface area contributed by atoms with Crippen molar-refractivity contribution in [2.24, 2.45) is 0 Å². The van der Waals surface area contributed by atoms with Gasteiger partial charge >= 0.3 is 0 Å². The van der Waals surface area contributed by atoms with Gasteiger partial charge in [0.05, 0.1) is 18.0 Å². The second kappa shape index (κ2) is 3.90. The molecule has 0 bridgehead atoms. The SMILES string of the molecule is O=C1CC(=O)N(c2cc(Br)c(Cl)cn2)C1. The molecule has 0 saturated carbocycles. The molecule has 78 valence electrons. The first-order valence-corrected chi connectivity index (χ1v) is 5.38. The Morgan fingerprint density at radius 2 is 2.20 bits per heavy atom. The quantitative estimate of drug-likeness (QED) is 0.741. The number of carbonyl (C=O) groups excluding carboxylic acids is 2. The molecule has 0 radical (unpaired) electrons. The maximum Gasteiger partial charge on any atom is 0.236 e. The molecule has 2 rings (SSSR count). The predicted molar refractivity (Wildman–Crippen MR) is 58.9 cm³/mol. The highest BCUT2D eigenvalue weighted by molar-refractivity contribution is 9.10. The number of hydrogen-bond donors (Lipinski definition) is 0. The van der Waals surface area contributed by atoms with E-state index in [0.717, 1.165) is 0 Å². The summed E-state index contributed by atoms with van der Waals surface area (Å²) in [6.07, 6.45) is 1.40. The zero-order valence-electron chi connectivity index (χ0n) is 7.54. The molecule has 1 amide bonds. The summed E-state index contributed by atoms with van der Waals surface area (Å²) >= 11 is 9.01. The van der Waals surface area contributed by atoms with Crippen molar-refractivity contribution >= 4 is 45.0 Å². The van der Waals surface area contributed by atoms with Crippen molar-refractivity contribution in [2.45, 2.75) is 6.42 Å². The van der Waals surface area contributed by atoms with Gasteiger partial charge in [-0.05, 0) is 22.0 Å². The first-order chi connectivity index (χ1) is 7.08. The van der Waals surface area contributed by atoms with Crippen LogP contribution in [0.1, 0.15) is 6.42 Å². The van der Waals surface area contributed by atoms with E-state index in [9.17, 15) is 9.59 Å². The van der Waals surface area contributed by atoms with Crippen LogP contribution in [-0.4, -0.2) is 23.2 Å². The van der Waals surface area contributed by atoms with Gasteiger partial charge in [-0.15, -0.1) is 0 Å². The molecular formula is C9H6BrClN2O2. The van der Waals surface area contributed by atoms with Crippen molar-refractivity contribution in [1.29, 1.82) is 0 Å². The Balaban J connectivity index is 2.34. The van der Waals surface area contributed by atoms with E-state index in [0.29, 0.717) is 15.3 Å². The number of ketones is 1. The van der Waals surface area contributed by atoms with Crippen molar-refractivity contribution in [1.82, 2.24) is 4.98 Å². The predicted octanol–water partition coefficient (Wildman–Crippen LogP) is 1.80. The zero-order valence-corrected chi connectivity index (χ0v) is 9.88. The van der Waals surface area contributed by atoms with Crippen LogP contribution in [0.15, 0.2) is 16.7 Å². The largest absolute Gasteiger partial charge is 0.297 e. The molecule has 0 atom stereocenters. The highest BCUT2D eigenvalue weighted by atomic mass is 79.9. The van der Waals surface area contributed by atoms with E-state index < -0.39 is 0 Å². The molecule has 0 spiro atoms. The average molecular weight is 290 g/mol. The molecule has 0 unspecified atom stereocenters. The average Bonchev–Trinajstić information content (AvgIpc) is 2.50. The third-order valence-corrected chi connectivity index (χ3v) is 3.24. The number of anilines is 1. The third-order valence-electron chi connectivity index (χ3n) is 2.05. The Kier molecular flexibility index (Phi) is 2.75. The van der Waals surface area contributed by atoms with Crippen LogP contribution in [0.3, 0.4) is 0 Å². The van der Waals surface area contributed by atoms with Crippen LogP contribution in [0.25, 0.3) is 0 Å². The van der Waals surface area contributed by atoms with Gasteiger partial charge in [-0.3, -0.25) is 14.5 Å². The highest BCUT2D eigenvalue weighted by Gasteiger charge is 2.29. The minimum Gasteiger partial charge on any atom is -0.297 e. The van der Waals surface area contributed by atoms with Crippen LogP contribution in [0.2, 0.25) is 5.02 Å². The normalized spacial score (nSPS) is 16.3. The molecule has 1 aromatic rings. The fraction of sp³-hybridized carbons (Fsp3) is 0.222. The second-order valence-corrected chi connectivity index (χ2v) is 4.41. The smallest absolute Gasteiger partial charge is 0.236 e. The lowest BCUT2D eigenvalue weighted by Crippen LogP contribution is -2.25. The second-order valence-electron chi connectivity index (χ2n) is 3.15. The maximum atomic E-state index is 11.4. The van der Waals surface area contributed by atoms with Crippen LogP contribution in [-0.2, 0) is 9.59 Å². The summed E-state index contributed by atoms with van der Waals surface area (Å²) in [6, 6.07) is 1.62. The number of pyridine rings is 1. The molecule has 4 nitrogen and oxygen atoms in total. The summed E-state index contributed by atoms with van der Waals surface area (Å²) < 4.78 is 0.654. The maximum absolute atomic E-state index is 11.4. The minimum absolute atomic E-state index is 0.0398. The van der Waals surface area contributed by atoms with Crippen LogP contribution in [0.4, 0.5) is 5.82 Å². The molecule has 0 aromatic carbocycles. The van der Waals surface area contributed by atoms with Crippen LogP contribution in [0, 0.1) is 0 Å². The summed E-state index contributed by atoms with van der Waals surface area (Å²) in [7, 11) is 0. The first-order valence-electron chi connectivity index (χ1n) is 4.21. The van der Waals surface area contributed by atoms with Gasteiger partial charge < -0.3 is 0 Å².